The zero-order valence-electron chi connectivity index (χ0n) is 11.3. The number of nitrogens with zero attached hydrogens (tertiary/aromatic N) is 1. The summed E-state index contributed by atoms with van der Waals surface area (Å²) in [6, 6.07) is 7.52. The average molecular weight is 263 g/mol. The molecule has 4 heteroatoms. The van der Waals surface area contributed by atoms with E-state index in [4.69, 9.17) is 4.74 Å². The van der Waals surface area contributed by atoms with Gasteiger partial charge in [-0.2, -0.15) is 0 Å². The van der Waals surface area contributed by atoms with Gasteiger partial charge in [-0.15, -0.1) is 0 Å². The number of anilines is 1. The van der Waals surface area contributed by atoms with E-state index in [0.29, 0.717) is 5.56 Å². The van der Waals surface area contributed by atoms with Gasteiger partial charge in [0.05, 0.1) is 6.61 Å². The number of hydrogen-bond donors (Lipinski definition) is 1. The monoisotopic (exact) mass is 263 g/mol. The van der Waals surface area contributed by atoms with Crippen LogP contribution in [0.15, 0.2) is 24.3 Å². The number of hydrogen-bond acceptors (Lipinski definition) is 4. The third kappa shape index (κ3) is 3.47. The van der Waals surface area contributed by atoms with Gasteiger partial charge in [0.15, 0.2) is 6.10 Å². The molecule has 104 valence electrons. The second kappa shape index (κ2) is 6.57. The Morgan fingerprint density at radius 2 is 1.89 bits per heavy atom. The highest BCUT2D eigenvalue weighted by molar-refractivity contribution is 5.76. The number of aliphatic hydroxyl groups excluding tert-OH is 1. The first kappa shape index (κ1) is 13.9. The van der Waals surface area contributed by atoms with E-state index < -0.39 is 12.1 Å². The van der Waals surface area contributed by atoms with Crippen LogP contribution >= 0.6 is 0 Å². The van der Waals surface area contributed by atoms with Crippen molar-refractivity contribution in [2.75, 3.05) is 24.6 Å². The lowest BCUT2D eigenvalue weighted by atomic mass is 10.1. The van der Waals surface area contributed by atoms with Crippen molar-refractivity contribution >= 4 is 11.7 Å². The molecule has 1 atom stereocenters. The third-order valence-corrected chi connectivity index (χ3v) is 3.44. The Kier molecular flexibility index (Phi) is 4.80. The normalized spacial score (nSPS) is 17.1. The molecule has 0 radical (unpaired) electrons. The minimum atomic E-state index is -1.18. The summed E-state index contributed by atoms with van der Waals surface area (Å²) in [5, 5.41) is 9.83. The molecule has 4 nitrogen and oxygen atoms in total. The molecule has 0 bridgehead atoms. The van der Waals surface area contributed by atoms with Crippen molar-refractivity contribution in [2.24, 2.45) is 0 Å². The molecule has 1 aliphatic heterocycles. The van der Waals surface area contributed by atoms with Gasteiger partial charge < -0.3 is 14.7 Å². The fourth-order valence-corrected chi connectivity index (χ4v) is 2.38. The Labute approximate surface area is 114 Å². The first-order chi connectivity index (χ1) is 9.22. The Morgan fingerprint density at radius 3 is 2.47 bits per heavy atom. The molecule has 0 spiro atoms. The van der Waals surface area contributed by atoms with E-state index in [1.54, 1.807) is 19.1 Å². The lowest BCUT2D eigenvalue weighted by Crippen LogP contribution is -2.29. The summed E-state index contributed by atoms with van der Waals surface area (Å²) in [6.07, 6.45) is 2.58. The van der Waals surface area contributed by atoms with Crippen molar-refractivity contribution in [2.45, 2.75) is 32.3 Å². The van der Waals surface area contributed by atoms with Crippen LogP contribution in [0.4, 0.5) is 5.69 Å². The molecule has 1 aromatic carbocycles. The summed E-state index contributed by atoms with van der Waals surface area (Å²) in [6.45, 7) is 4.17. The molecule has 1 aromatic rings. The van der Waals surface area contributed by atoms with Crippen molar-refractivity contribution in [1.82, 2.24) is 0 Å². The molecule has 1 unspecified atom stereocenters. The number of benzene rings is 1. The second-order valence-corrected chi connectivity index (χ2v) is 4.79. The first-order valence-corrected chi connectivity index (χ1v) is 6.92. The molecule has 1 fully saturated rings. The minimum Gasteiger partial charge on any atom is -0.464 e. The molecule has 1 saturated heterocycles. The predicted octanol–water partition coefficient (Wildman–Crippen LogP) is 2.27. The SMILES string of the molecule is CCOC(=O)C(O)c1ccc(N2CCCCC2)cc1. The summed E-state index contributed by atoms with van der Waals surface area (Å²) in [5.74, 6) is -0.590. The average Bonchev–Trinajstić information content (AvgIpc) is 2.48. The molecule has 19 heavy (non-hydrogen) atoms. The van der Waals surface area contributed by atoms with Crippen LogP contribution in [0.25, 0.3) is 0 Å². The summed E-state index contributed by atoms with van der Waals surface area (Å²) >= 11 is 0. The molecule has 0 saturated carbocycles. The number of piperidine rings is 1. The molecule has 2 rings (SSSR count). The van der Waals surface area contributed by atoms with E-state index in [2.05, 4.69) is 4.90 Å². The van der Waals surface area contributed by atoms with Gasteiger partial charge in [0.1, 0.15) is 0 Å². The third-order valence-electron chi connectivity index (χ3n) is 3.44. The molecular weight excluding hydrogens is 242 g/mol. The Hall–Kier alpha value is -1.55. The topological polar surface area (TPSA) is 49.8 Å². The predicted molar refractivity (Wildman–Crippen MR) is 74.1 cm³/mol. The van der Waals surface area contributed by atoms with Crippen LogP contribution in [0.3, 0.4) is 0 Å². The molecule has 0 amide bonds. The summed E-state index contributed by atoms with van der Waals surface area (Å²) in [4.78, 5) is 13.8. The van der Waals surface area contributed by atoms with Gasteiger partial charge in [0, 0.05) is 18.8 Å². The molecule has 1 heterocycles. The number of rotatable bonds is 4. The molecular formula is C15H21NO3. The lowest BCUT2D eigenvalue weighted by molar-refractivity contribution is -0.153. The second-order valence-electron chi connectivity index (χ2n) is 4.79. The Bertz CT molecular complexity index is 410. The molecule has 0 aliphatic carbocycles. The molecule has 1 aliphatic rings. The lowest BCUT2D eigenvalue weighted by Gasteiger charge is -2.29. The van der Waals surface area contributed by atoms with E-state index in [1.807, 2.05) is 12.1 Å². The van der Waals surface area contributed by atoms with Gasteiger partial charge in [-0.3, -0.25) is 0 Å². The smallest absolute Gasteiger partial charge is 0.339 e. The van der Waals surface area contributed by atoms with Crippen LogP contribution in [0, 0.1) is 0 Å². The van der Waals surface area contributed by atoms with Crippen LogP contribution in [0.2, 0.25) is 0 Å². The number of ether oxygens (including phenoxy) is 1. The summed E-state index contributed by atoms with van der Waals surface area (Å²) < 4.78 is 4.81. The highest BCUT2D eigenvalue weighted by Gasteiger charge is 2.19. The fraction of sp³-hybridized carbons (Fsp3) is 0.533. The summed E-state index contributed by atoms with van der Waals surface area (Å²) in [5.41, 5.74) is 1.73. The van der Waals surface area contributed by atoms with Crippen LogP contribution in [0.5, 0.6) is 0 Å². The fourth-order valence-electron chi connectivity index (χ4n) is 2.38. The maximum absolute atomic E-state index is 11.4. The maximum Gasteiger partial charge on any atom is 0.339 e. The zero-order chi connectivity index (χ0) is 13.7. The van der Waals surface area contributed by atoms with E-state index in [-0.39, 0.29) is 6.61 Å². The summed E-state index contributed by atoms with van der Waals surface area (Å²) in [7, 11) is 0. The molecule has 0 aromatic heterocycles. The number of esters is 1. The Morgan fingerprint density at radius 1 is 1.26 bits per heavy atom. The van der Waals surface area contributed by atoms with E-state index >= 15 is 0 Å². The van der Waals surface area contributed by atoms with Gasteiger partial charge in [0.2, 0.25) is 0 Å². The minimum absolute atomic E-state index is 0.280. The van der Waals surface area contributed by atoms with Gasteiger partial charge in [-0.05, 0) is 43.9 Å². The number of carbonyl (C=O) groups is 1. The molecule has 1 N–H and O–H groups in total. The van der Waals surface area contributed by atoms with Gasteiger partial charge >= 0.3 is 5.97 Å². The highest BCUT2D eigenvalue weighted by Crippen LogP contribution is 2.23. The maximum atomic E-state index is 11.4. The van der Waals surface area contributed by atoms with E-state index in [1.165, 1.54) is 19.3 Å². The van der Waals surface area contributed by atoms with Crippen molar-refractivity contribution in [3.63, 3.8) is 0 Å². The van der Waals surface area contributed by atoms with Gasteiger partial charge in [-0.1, -0.05) is 12.1 Å². The van der Waals surface area contributed by atoms with Gasteiger partial charge in [-0.25, -0.2) is 4.79 Å². The zero-order valence-corrected chi connectivity index (χ0v) is 11.3. The van der Waals surface area contributed by atoms with E-state index in [0.717, 1.165) is 18.8 Å². The van der Waals surface area contributed by atoms with Crippen molar-refractivity contribution in [3.8, 4) is 0 Å². The Balaban J connectivity index is 2.03. The standard InChI is InChI=1S/C15H21NO3/c1-2-19-15(18)14(17)12-6-8-13(9-7-12)16-10-4-3-5-11-16/h6-9,14,17H,2-5,10-11H2,1H3. The number of carbonyl (C=O) groups excluding carboxylic acids is 1. The van der Waals surface area contributed by atoms with Crippen LogP contribution in [0.1, 0.15) is 37.9 Å². The largest absolute Gasteiger partial charge is 0.464 e. The van der Waals surface area contributed by atoms with Crippen LogP contribution < -0.4 is 4.90 Å². The van der Waals surface area contributed by atoms with Crippen LogP contribution in [-0.4, -0.2) is 30.8 Å². The van der Waals surface area contributed by atoms with Crippen LogP contribution in [-0.2, 0) is 9.53 Å². The first-order valence-electron chi connectivity index (χ1n) is 6.92. The van der Waals surface area contributed by atoms with Crippen molar-refractivity contribution in [3.05, 3.63) is 29.8 Å². The van der Waals surface area contributed by atoms with Crippen molar-refractivity contribution in [1.29, 1.82) is 0 Å². The van der Waals surface area contributed by atoms with E-state index in [9.17, 15) is 9.90 Å². The van der Waals surface area contributed by atoms with Crippen molar-refractivity contribution < 1.29 is 14.6 Å². The van der Waals surface area contributed by atoms with Gasteiger partial charge in [0.25, 0.3) is 0 Å². The highest BCUT2D eigenvalue weighted by atomic mass is 16.5. The quantitative estimate of drug-likeness (QED) is 0.847. The number of aliphatic hydroxyl groups is 1.